The molecule has 0 spiro atoms. The van der Waals surface area contributed by atoms with Crippen molar-refractivity contribution in [3.8, 4) is 17.1 Å². The Kier molecular flexibility index (Phi) is 5.38. The molecule has 10 nitrogen and oxygen atoms in total. The maximum absolute atomic E-state index is 12.6. The number of hydrogen-bond donors (Lipinski definition) is 0. The fourth-order valence-corrected chi connectivity index (χ4v) is 3.51. The van der Waals surface area contributed by atoms with Crippen molar-refractivity contribution in [1.82, 2.24) is 14.4 Å². The first-order valence-electron chi connectivity index (χ1n) is 7.99. The lowest BCUT2D eigenvalue weighted by Crippen LogP contribution is -2.26. The minimum Gasteiger partial charge on any atom is -0.497 e. The lowest BCUT2D eigenvalue weighted by molar-refractivity contribution is -0.384. The number of nitro benzene ring substituents is 1. The van der Waals surface area contributed by atoms with Crippen LogP contribution in [-0.2, 0) is 16.6 Å². The number of sulfonamides is 1. The van der Waals surface area contributed by atoms with Crippen LogP contribution in [0, 0.1) is 10.1 Å². The van der Waals surface area contributed by atoms with E-state index >= 15 is 0 Å². The molecule has 1 aromatic heterocycles. The lowest BCUT2D eigenvalue weighted by Gasteiger charge is -2.14. The Bertz CT molecular complexity index is 1090. The Balaban J connectivity index is 1.77. The van der Waals surface area contributed by atoms with Gasteiger partial charge in [-0.3, -0.25) is 10.1 Å². The molecule has 2 aromatic carbocycles. The van der Waals surface area contributed by atoms with Crippen molar-refractivity contribution in [3.63, 3.8) is 0 Å². The van der Waals surface area contributed by atoms with Gasteiger partial charge in [0.2, 0.25) is 21.7 Å². The summed E-state index contributed by atoms with van der Waals surface area (Å²) in [5.41, 5.74) is 0.469. The van der Waals surface area contributed by atoms with Crippen molar-refractivity contribution >= 4 is 15.7 Å². The molecule has 146 valence electrons. The predicted octanol–water partition coefficient (Wildman–Crippen LogP) is 2.47. The van der Waals surface area contributed by atoms with Gasteiger partial charge in [0.25, 0.3) is 5.69 Å². The van der Waals surface area contributed by atoms with Crippen LogP contribution in [0.1, 0.15) is 5.89 Å². The van der Waals surface area contributed by atoms with Crippen LogP contribution in [0.15, 0.2) is 57.9 Å². The van der Waals surface area contributed by atoms with Gasteiger partial charge < -0.3 is 9.26 Å². The fourth-order valence-electron chi connectivity index (χ4n) is 2.39. The smallest absolute Gasteiger partial charge is 0.269 e. The summed E-state index contributed by atoms with van der Waals surface area (Å²) in [6.45, 7) is -0.156. The second kappa shape index (κ2) is 7.74. The molecular weight excluding hydrogens is 388 g/mol. The number of nitro groups is 1. The average Bonchev–Trinajstić information content (AvgIpc) is 3.16. The van der Waals surface area contributed by atoms with E-state index in [-0.39, 0.29) is 23.0 Å². The molecule has 0 amide bonds. The van der Waals surface area contributed by atoms with Crippen LogP contribution in [0.3, 0.4) is 0 Å². The summed E-state index contributed by atoms with van der Waals surface area (Å²) in [7, 11) is -0.989. The van der Waals surface area contributed by atoms with E-state index in [0.717, 1.165) is 16.4 Å². The second-order valence-corrected chi connectivity index (χ2v) is 7.80. The molecule has 0 fully saturated rings. The Labute approximate surface area is 160 Å². The van der Waals surface area contributed by atoms with Gasteiger partial charge in [0.1, 0.15) is 5.75 Å². The maximum Gasteiger partial charge on any atom is 0.269 e. The van der Waals surface area contributed by atoms with E-state index in [9.17, 15) is 18.5 Å². The van der Waals surface area contributed by atoms with Gasteiger partial charge >= 0.3 is 0 Å². The lowest BCUT2D eigenvalue weighted by atomic mass is 10.2. The van der Waals surface area contributed by atoms with Crippen LogP contribution in [0.25, 0.3) is 11.4 Å². The third kappa shape index (κ3) is 4.00. The van der Waals surface area contributed by atoms with Crippen LogP contribution in [0.2, 0.25) is 0 Å². The number of nitrogens with zero attached hydrogens (tertiary/aromatic N) is 4. The Morgan fingerprint density at radius 3 is 2.57 bits per heavy atom. The Hall–Kier alpha value is -3.31. The van der Waals surface area contributed by atoms with Crippen molar-refractivity contribution in [2.24, 2.45) is 0 Å². The summed E-state index contributed by atoms with van der Waals surface area (Å²) in [5.74, 6) is 1.03. The fraction of sp³-hybridized carbons (Fsp3) is 0.176. The second-order valence-electron chi connectivity index (χ2n) is 5.76. The van der Waals surface area contributed by atoms with Crippen molar-refractivity contribution in [2.45, 2.75) is 11.4 Å². The van der Waals surface area contributed by atoms with E-state index in [2.05, 4.69) is 10.1 Å². The normalized spacial score (nSPS) is 11.5. The highest BCUT2D eigenvalue weighted by molar-refractivity contribution is 7.89. The van der Waals surface area contributed by atoms with Crippen LogP contribution >= 0.6 is 0 Å². The third-order valence-corrected chi connectivity index (χ3v) is 5.73. The van der Waals surface area contributed by atoms with Gasteiger partial charge in [-0.2, -0.15) is 9.29 Å². The molecule has 3 aromatic rings. The first kappa shape index (κ1) is 19.5. The molecule has 0 aliphatic carbocycles. The minimum absolute atomic E-state index is 0.0758. The van der Waals surface area contributed by atoms with Crippen molar-refractivity contribution in [3.05, 3.63) is 64.5 Å². The molecule has 0 atom stereocenters. The molecule has 3 rings (SSSR count). The average molecular weight is 404 g/mol. The SMILES string of the molecule is COc1cccc(-c2noc(CN(C)S(=O)(=O)c3ccc([N+](=O)[O-])cc3)n2)c1. The van der Waals surface area contributed by atoms with Gasteiger partial charge in [-0.05, 0) is 24.3 Å². The molecule has 0 aliphatic heterocycles. The van der Waals surface area contributed by atoms with E-state index < -0.39 is 14.9 Å². The molecule has 28 heavy (non-hydrogen) atoms. The van der Waals surface area contributed by atoms with E-state index in [4.69, 9.17) is 9.26 Å². The summed E-state index contributed by atoms with van der Waals surface area (Å²) >= 11 is 0. The molecule has 0 saturated heterocycles. The number of ether oxygens (including phenoxy) is 1. The standard InChI is InChI=1S/C17H16N4O6S/c1-20(28(24,25)15-8-6-13(7-9-15)21(22)23)11-16-18-17(19-27-16)12-4-3-5-14(10-12)26-2/h3-10H,11H2,1-2H3. The van der Waals surface area contributed by atoms with Crippen LogP contribution < -0.4 is 4.74 Å². The summed E-state index contributed by atoms with van der Waals surface area (Å²) in [4.78, 5) is 14.2. The maximum atomic E-state index is 12.6. The first-order chi connectivity index (χ1) is 13.3. The predicted molar refractivity (Wildman–Crippen MR) is 98.0 cm³/mol. The number of benzene rings is 2. The Morgan fingerprint density at radius 2 is 1.93 bits per heavy atom. The number of aromatic nitrogens is 2. The first-order valence-corrected chi connectivity index (χ1v) is 9.43. The topological polar surface area (TPSA) is 129 Å². The molecule has 0 unspecified atom stereocenters. The number of non-ortho nitro benzene ring substituents is 1. The highest BCUT2D eigenvalue weighted by atomic mass is 32.2. The number of rotatable bonds is 7. The van der Waals surface area contributed by atoms with Gasteiger partial charge in [-0.25, -0.2) is 8.42 Å². The van der Waals surface area contributed by atoms with Gasteiger partial charge in [-0.15, -0.1) is 0 Å². The van der Waals surface area contributed by atoms with Crippen LogP contribution in [0.4, 0.5) is 5.69 Å². The van der Waals surface area contributed by atoms with E-state index in [1.54, 1.807) is 31.4 Å². The third-order valence-electron chi connectivity index (χ3n) is 3.91. The van der Waals surface area contributed by atoms with E-state index in [1.165, 1.54) is 19.2 Å². The van der Waals surface area contributed by atoms with E-state index in [1.807, 2.05) is 0 Å². The molecule has 0 N–H and O–H groups in total. The molecule has 0 bridgehead atoms. The minimum atomic E-state index is -3.88. The number of methoxy groups -OCH3 is 1. The zero-order valence-corrected chi connectivity index (χ0v) is 15.8. The molecule has 0 radical (unpaired) electrons. The van der Waals surface area contributed by atoms with Crippen molar-refractivity contribution in [1.29, 1.82) is 0 Å². The molecule has 0 saturated carbocycles. The van der Waals surface area contributed by atoms with Gasteiger partial charge in [0.05, 0.1) is 23.5 Å². The summed E-state index contributed by atoms with van der Waals surface area (Å²) in [5, 5.41) is 14.6. The van der Waals surface area contributed by atoms with Gasteiger partial charge in [-0.1, -0.05) is 17.3 Å². The van der Waals surface area contributed by atoms with Gasteiger partial charge in [0.15, 0.2) is 0 Å². The van der Waals surface area contributed by atoms with E-state index in [0.29, 0.717) is 17.1 Å². The molecule has 11 heteroatoms. The van der Waals surface area contributed by atoms with Crippen LogP contribution in [-0.4, -0.2) is 41.9 Å². The highest BCUT2D eigenvalue weighted by Crippen LogP contribution is 2.23. The molecular formula is C17H16N4O6S. The summed E-state index contributed by atoms with van der Waals surface area (Å²) in [6.07, 6.45) is 0. The van der Waals surface area contributed by atoms with Crippen molar-refractivity contribution < 1.29 is 22.6 Å². The quantitative estimate of drug-likeness (QED) is 0.434. The monoisotopic (exact) mass is 404 g/mol. The van der Waals surface area contributed by atoms with Crippen molar-refractivity contribution in [2.75, 3.05) is 14.2 Å². The summed E-state index contributed by atoms with van der Waals surface area (Å²) in [6, 6.07) is 11.7. The zero-order valence-electron chi connectivity index (χ0n) is 15.0. The zero-order chi connectivity index (χ0) is 20.3. The Morgan fingerprint density at radius 1 is 1.21 bits per heavy atom. The molecule has 1 heterocycles. The van der Waals surface area contributed by atoms with Gasteiger partial charge in [0, 0.05) is 24.7 Å². The van der Waals surface area contributed by atoms with Crippen LogP contribution in [0.5, 0.6) is 5.75 Å². The largest absolute Gasteiger partial charge is 0.497 e. The summed E-state index contributed by atoms with van der Waals surface area (Å²) < 4.78 is 36.6. The molecule has 0 aliphatic rings. The number of hydrogen-bond acceptors (Lipinski definition) is 8. The highest BCUT2D eigenvalue weighted by Gasteiger charge is 2.24.